The van der Waals surface area contributed by atoms with Gasteiger partial charge >= 0.3 is 6.03 Å². The van der Waals surface area contributed by atoms with Gasteiger partial charge in [0.25, 0.3) is 0 Å². The Balaban J connectivity index is 1.43. The topological polar surface area (TPSA) is 105 Å². The minimum Gasteiger partial charge on any atom is -0.324 e. The van der Waals surface area contributed by atoms with E-state index in [1.165, 1.54) is 12.7 Å². The fourth-order valence-corrected chi connectivity index (χ4v) is 3.37. The van der Waals surface area contributed by atoms with E-state index in [4.69, 9.17) is 11.6 Å². The van der Waals surface area contributed by atoms with E-state index in [1.807, 2.05) is 0 Å². The van der Waals surface area contributed by atoms with Crippen molar-refractivity contribution in [3.63, 3.8) is 0 Å². The number of benzene rings is 1. The molecule has 1 aromatic carbocycles. The highest BCUT2D eigenvalue weighted by molar-refractivity contribution is 6.32. The van der Waals surface area contributed by atoms with Crippen molar-refractivity contribution >= 4 is 23.3 Å². The van der Waals surface area contributed by atoms with Crippen LogP contribution in [0.3, 0.4) is 0 Å². The summed E-state index contributed by atoms with van der Waals surface area (Å²) >= 11 is 6.31. The number of nitrogens with zero attached hydrogens (tertiary/aromatic N) is 6. The summed E-state index contributed by atoms with van der Waals surface area (Å²) in [5.74, 6) is 0.998. The molecule has 1 atom stereocenters. The normalized spacial score (nSPS) is 17.3. The second-order valence-electron chi connectivity index (χ2n) is 6.09. The van der Waals surface area contributed by atoms with Gasteiger partial charge in [0.05, 0.1) is 10.7 Å². The molecule has 0 radical (unpaired) electrons. The summed E-state index contributed by atoms with van der Waals surface area (Å²) in [5, 5.41) is 14.2. The fourth-order valence-electron chi connectivity index (χ4n) is 3.10. The number of hydrogen-bond donors (Lipinski definition) is 2. The highest BCUT2D eigenvalue weighted by atomic mass is 35.5. The second kappa shape index (κ2) is 7.12. The highest BCUT2D eigenvalue weighted by Crippen LogP contribution is 2.26. The van der Waals surface area contributed by atoms with Crippen molar-refractivity contribution < 1.29 is 4.79 Å². The predicted octanol–water partition coefficient (Wildman–Crippen LogP) is 2.45. The van der Waals surface area contributed by atoms with Gasteiger partial charge in [-0.15, -0.1) is 0 Å². The van der Waals surface area contributed by atoms with E-state index in [1.54, 1.807) is 34.1 Å². The molecule has 0 saturated carbocycles. The maximum absolute atomic E-state index is 12.6. The fraction of sp³-hybridized carbons (Fsp3) is 0.312. The van der Waals surface area contributed by atoms with Crippen LogP contribution >= 0.6 is 11.6 Å². The molecule has 0 spiro atoms. The van der Waals surface area contributed by atoms with Gasteiger partial charge in [-0.2, -0.15) is 10.2 Å². The summed E-state index contributed by atoms with van der Waals surface area (Å²) in [7, 11) is 0. The van der Waals surface area contributed by atoms with Gasteiger partial charge in [-0.05, 0) is 31.0 Å². The Hall–Kier alpha value is -2.94. The Bertz CT molecular complexity index is 880. The van der Waals surface area contributed by atoms with Crippen LogP contribution < -0.4 is 5.32 Å². The summed E-state index contributed by atoms with van der Waals surface area (Å²) in [6.07, 6.45) is 6.40. The number of anilines is 1. The minimum atomic E-state index is -0.154. The van der Waals surface area contributed by atoms with Crippen LogP contribution in [-0.2, 0) is 0 Å². The maximum Gasteiger partial charge on any atom is 0.321 e. The van der Waals surface area contributed by atoms with Crippen molar-refractivity contribution in [1.29, 1.82) is 0 Å². The van der Waals surface area contributed by atoms with Crippen molar-refractivity contribution in [1.82, 2.24) is 34.8 Å². The number of piperidine rings is 1. The molecule has 2 amide bonds. The minimum absolute atomic E-state index is 0.154. The molecule has 0 bridgehead atoms. The van der Waals surface area contributed by atoms with E-state index in [0.29, 0.717) is 29.5 Å². The maximum atomic E-state index is 12.6. The number of carbonyl (C=O) groups is 1. The molecular weight excluding hydrogens is 356 g/mol. The number of nitrogens with one attached hydrogen (secondary N) is 2. The van der Waals surface area contributed by atoms with Crippen LogP contribution in [0.2, 0.25) is 5.02 Å². The van der Waals surface area contributed by atoms with Crippen molar-refractivity contribution in [3.8, 4) is 5.69 Å². The molecule has 1 saturated heterocycles. The first-order valence-corrected chi connectivity index (χ1v) is 8.64. The van der Waals surface area contributed by atoms with Crippen LogP contribution in [-0.4, -0.2) is 54.0 Å². The Labute approximate surface area is 154 Å². The number of aromatic amines is 1. The first-order valence-electron chi connectivity index (χ1n) is 8.26. The van der Waals surface area contributed by atoms with E-state index in [0.717, 1.165) is 18.7 Å². The van der Waals surface area contributed by atoms with Crippen LogP contribution in [0.5, 0.6) is 0 Å². The predicted molar refractivity (Wildman–Crippen MR) is 95.3 cm³/mol. The van der Waals surface area contributed by atoms with Crippen LogP contribution in [0.1, 0.15) is 24.6 Å². The molecule has 26 heavy (non-hydrogen) atoms. The molecule has 9 nitrogen and oxygen atoms in total. The van der Waals surface area contributed by atoms with Crippen molar-refractivity contribution in [2.75, 3.05) is 18.4 Å². The lowest BCUT2D eigenvalue weighted by molar-refractivity contribution is 0.191. The number of hydrogen-bond acceptors (Lipinski definition) is 5. The lowest BCUT2D eigenvalue weighted by Crippen LogP contribution is -2.41. The Kier molecular flexibility index (Phi) is 4.53. The average Bonchev–Trinajstić information content (AvgIpc) is 3.36. The number of aromatic nitrogens is 6. The van der Waals surface area contributed by atoms with Crippen molar-refractivity contribution in [2.45, 2.75) is 18.8 Å². The number of carbonyl (C=O) groups excluding carboxylic acids is 1. The molecule has 1 unspecified atom stereocenters. The van der Waals surface area contributed by atoms with E-state index >= 15 is 0 Å². The highest BCUT2D eigenvalue weighted by Gasteiger charge is 2.26. The third-order valence-corrected chi connectivity index (χ3v) is 4.70. The largest absolute Gasteiger partial charge is 0.324 e. The molecule has 3 heterocycles. The zero-order valence-electron chi connectivity index (χ0n) is 13.8. The summed E-state index contributed by atoms with van der Waals surface area (Å²) in [6.45, 7) is 1.31. The van der Waals surface area contributed by atoms with Gasteiger partial charge in [-0.3, -0.25) is 5.10 Å². The van der Waals surface area contributed by atoms with Crippen LogP contribution in [0, 0.1) is 0 Å². The summed E-state index contributed by atoms with van der Waals surface area (Å²) in [4.78, 5) is 22.5. The molecule has 10 heteroatoms. The number of rotatable bonds is 3. The van der Waals surface area contributed by atoms with E-state index in [9.17, 15) is 4.79 Å². The second-order valence-corrected chi connectivity index (χ2v) is 6.50. The number of halogens is 1. The average molecular weight is 373 g/mol. The molecule has 1 aliphatic heterocycles. The van der Waals surface area contributed by atoms with Crippen LogP contribution in [0.15, 0.2) is 37.2 Å². The molecule has 2 N–H and O–H groups in total. The zero-order chi connectivity index (χ0) is 17.9. The third kappa shape index (κ3) is 3.38. The standard InChI is InChI=1S/C16H17ClN8O/c17-13-6-12(3-4-14(13)25-10-18-8-21-25)22-16(26)24-5-1-2-11(7-24)15-19-9-20-23-15/h3-4,6,8-11H,1-2,5,7H2,(H,22,26)(H,19,20,23). The Morgan fingerprint density at radius 2 is 2.27 bits per heavy atom. The number of amides is 2. The molecule has 1 aliphatic rings. The number of likely N-dealkylation sites (tertiary alicyclic amines) is 1. The summed E-state index contributed by atoms with van der Waals surface area (Å²) < 4.78 is 1.57. The molecular formula is C16H17ClN8O. The zero-order valence-corrected chi connectivity index (χ0v) is 14.6. The van der Waals surface area contributed by atoms with Gasteiger partial charge in [-0.25, -0.2) is 19.4 Å². The number of H-pyrrole nitrogens is 1. The first kappa shape index (κ1) is 16.5. The van der Waals surface area contributed by atoms with Crippen LogP contribution in [0.4, 0.5) is 10.5 Å². The van der Waals surface area contributed by atoms with Gasteiger partial charge in [-0.1, -0.05) is 11.6 Å². The van der Waals surface area contributed by atoms with Crippen molar-refractivity contribution in [3.05, 3.63) is 48.0 Å². The summed E-state index contributed by atoms with van der Waals surface area (Å²) in [5.41, 5.74) is 1.33. The lowest BCUT2D eigenvalue weighted by Gasteiger charge is -2.31. The van der Waals surface area contributed by atoms with E-state index in [-0.39, 0.29) is 11.9 Å². The monoisotopic (exact) mass is 372 g/mol. The smallest absolute Gasteiger partial charge is 0.321 e. The van der Waals surface area contributed by atoms with Gasteiger partial charge in [0.15, 0.2) is 0 Å². The number of urea groups is 1. The molecule has 3 aromatic rings. The molecule has 0 aliphatic carbocycles. The first-order chi connectivity index (χ1) is 12.7. The molecule has 1 fully saturated rings. The van der Waals surface area contributed by atoms with Gasteiger partial charge in [0, 0.05) is 24.7 Å². The Morgan fingerprint density at radius 1 is 1.35 bits per heavy atom. The van der Waals surface area contributed by atoms with Gasteiger partial charge in [0.2, 0.25) is 0 Å². The van der Waals surface area contributed by atoms with E-state index in [2.05, 4.69) is 30.6 Å². The molecule has 2 aromatic heterocycles. The Morgan fingerprint density at radius 3 is 3.00 bits per heavy atom. The quantitative estimate of drug-likeness (QED) is 0.734. The summed E-state index contributed by atoms with van der Waals surface area (Å²) in [6, 6.07) is 5.13. The lowest BCUT2D eigenvalue weighted by atomic mass is 9.98. The van der Waals surface area contributed by atoms with Gasteiger partial charge < -0.3 is 10.2 Å². The van der Waals surface area contributed by atoms with Crippen molar-refractivity contribution in [2.24, 2.45) is 0 Å². The van der Waals surface area contributed by atoms with Crippen LogP contribution in [0.25, 0.3) is 5.69 Å². The van der Waals surface area contributed by atoms with Gasteiger partial charge in [0.1, 0.15) is 24.8 Å². The molecule has 4 rings (SSSR count). The SMILES string of the molecule is O=C(Nc1ccc(-n2cncn2)c(Cl)c1)N1CCCC(c2ncn[nH]2)C1. The molecule has 134 valence electrons. The third-order valence-electron chi connectivity index (χ3n) is 4.39. The van der Waals surface area contributed by atoms with E-state index < -0.39 is 0 Å².